The molecule has 1 atom stereocenters. The Morgan fingerprint density at radius 1 is 1.80 bits per heavy atom. The highest BCUT2D eigenvalue weighted by Crippen LogP contribution is 2.09. The first-order chi connectivity index (χ1) is 7.15. The van der Waals surface area contributed by atoms with Crippen molar-refractivity contribution in [3.8, 4) is 0 Å². The summed E-state index contributed by atoms with van der Waals surface area (Å²) < 4.78 is 0. The van der Waals surface area contributed by atoms with Crippen molar-refractivity contribution in [2.24, 2.45) is 5.73 Å². The van der Waals surface area contributed by atoms with E-state index in [0.29, 0.717) is 13.0 Å². The Balaban J connectivity index is 1.92. The van der Waals surface area contributed by atoms with Gasteiger partial charge in [0.05, 0.1) is 12.1 Å². The maximum absolute atomic E-state index is 11.8. The molecule has 0 bridgehead atoms. The smallest absolute Gasteiger partial charge is 0.228 e. The van der Waals surface area contributed by atoms with Crippen molar-refractivity contribution in [1.82, 2.24) is 15.1 Å². The predicted molar refractivity (Wildman–Crippen MR) is 56.2 cm³/mol. The number of amides is 1. The predicted octanol–water partition coefficient (Wildman–Crippen LogP) is -0.180. The molecule has 0 aliphatic carbocycles. The summed E-state index contributed by atoms with van der Waals surface area (Å²) in [5.74, 6) is 0.120. The summed E-state index contributed by atoms with van der Waals surface area (Å²) in [7, 11) is 0. The van der Waals surface area contributed by atoms with E-state index in [2.05, 4.69) is 10.2 Å². The Labute approximate surface area is 88.6 Å². The first-order valence-corrected chi connectivity index (χ1v) is 5.19. The molecule has 3 N–H and O–H groups in total. The number of hydrogen-bond donors (Lipinski definition) is 2. The molecule has 1 saturated heterocycles. The van der Waals surface area contributed by atoms with Gasteiger partial charge in [0.2, 0.25) is 5.91 Å². The average molecular weight is 208 g/mol. The third-order valence-corrected chi connectivity index (χ3v) is 2.67. The van der Waals surface area contributed by atoms with E-state index in [-0.39, 0.29) is 11.9 Å². The van der Waals surface area contributed by atoms with Gasteiger partial charge in [-0.3, -0.25) is 9.89 Å². The molecule has 1 aromatic heterocycles. The standard InChI is InChI=1S/C10H16N4O/c1-7-4-9(13-12-7)5-10(15)14-3-2-8(11)6-14/h4,8H,2-3,5-6,11H2,1H3,(H,12,13)/t8-/m0/s1. The summed E-state index contributed by atoms with van der Waals surface area (Å²) in [5, 5.41) is 6.87. The number of carbonyl (C=O) groups excluding carboxylic acids is 1. The van der Waals surface area contributed by atoms with E-state index in [1.807, 2.05) is 17.9 Å². The lowest BCUT2D eigenvalue weighted by Gasteiger charge is -2.14. The minimum absolute atomic E-state index is 0.120. The molecule has 0 saturated carbocycles. The molecule has 0 radical (unpaired) electrons. The Kier molecular flexibility index (Phi) is 2.73. The fraction of sp³-hybridized carbons (Fsp3) is 0.600. The lowest BCUT2D eigenvalue weighted by molar-refractivity contribution is -0.129. The fourth-order valence-corrected chi connectivity index (χ4v) is 1.85. The zero-order valence-electron chi connectivity index (χ0n) is 8.86. The van der Waals surface area contributed by atoms with Gasteiger partial charge < -0.3 is 10.6 Å². The Morgan fingerprint density at radius 3 is 3.13 bits per heavy atom. The molecule has 0 spiro atoms. The molecule has 1 aromatic rings. The van der Waals surface area contributed by atoms with Crippen LogP contribution in [0.1, 0.15) is 17.8 Å². The number of nitrogens with zero attached hydrogens (tertiary/aromatic N) is 2. The van der Waals surface area contributed by atoms with Crippen LogP contribution in [0.2, 0.25) is 0 Å². The van der Waals surface area contributed by atoms with Crippen LogP contribution in [0, 0.1) is 6.92 Å². The van der Waals surface area contributed by atoms with Crippen molar-refractivity contribution >= 4 is 5.91 Å². The molecule has 5 nitrogen and oxygen atoms in total. The van der Waals surface area contributed by atoms with E-state index in [0.717, 1.165) is 24.4 Å². The molecule has 5 heteroatoms. The number of aromatic nitrogens is 2. The van der Waals surface area contributed by atoms with E-state index in [4.69, 9.17) is 5.73 Å². The van der Waals surface area contributed by atoms with Crippen molar-refractivity contribution in [2.75, 3.05) is 13.1 Å². The summed E-state index contributed by atoms with van der Waals surface area (Å²) in [6, 6.07) is 2.04. The average Bonchev–Trinajstić information content (AvgIpc) is 2.75. The van der Waals surface area contributed by atoms with Gasteiger partial charge in [0.1, 0.15) is 0 Å². The van der Waals surface area contributed by atoms with Crippen molar-refractivity contribution in [3.63, 3.8) is 0 Å². The van der Waals surface area contributed by atoms with Gasteiger partial charge in [-0.25, -0.2) is 0 Å². The van der Waals surface area contributed by atoms with E-state index < -0.39 is 0 Å². The largest absolute Gasteiger partial charge is 0.341 e. The number of H-pyrrole nitrogens is 1. The molecule has 1 aliphatic rings. The summed E-state index contributed by atoms with van der Waals surface area (Å²) in [5.41, 5.74) is 7.53. The van der Waals surface area contributed by atoms with E-state index in [1.54, 1.807) is 0 Å². The van der Waals surface area contributed by atoms with Gasteiger partial charge in [-0.15, -0.1) is 0 Å². The SMILES string of the molecule is Cc1cc(CC(=O)N2CC[C@H](N)C2)n[nH]1. The topological polar surface area (TPSA) is 75.0 Å². The summed E-state index contributed by atoms with van der Waals surface area (Å²) in [6.45, 7) is 3.39. The van der Waals surface area contributed by atoms with Crippen molar-refractivity contribution in [2.45, 2.75) is 25.8 Å². The molecule has 82 valence electrons. The van der Waals surface area contributed by atoms with Crippen LogP contribution in [-0.2, 0) is 11.2 Å². The van der Waals surface area contributed by atoms with Crippen LogP contribution >= 0.6 is 0 Å². The number of carbonyl (C=O) groups is 1. The van der Waals surface area contributed by atoms with Gasteiger partial charge in [-0.2, -0.15) is 5.10 Å². The monoisotopic (exact) mass is 208 g/mol. The van der Waals surface area contributed by atoms with Crippen LogP contribution in [0.5, 0.6) is 0 Å². The first-order valence-electron chi connectivity index (χ1n) is 5.19. The van der Waals surface area contributed by atoms with Gasteiger partial charge in [0, 0.05) is 24.8 Å². The molecule has 2 rings (SSSR count). The normalized spacial score (nSPS) is 20.9. The van der Waals surface area contributed by atoms with Crippen molar-refractivity contribution in [3.05, 3.63) is 17.5 Å². The fourth-order valence-electron chi connectivity index (χ4n) is 1.85. The van der Waals surface area contributed by atoms with Crippen molar-refractivity contribution < 1.29 is 4.79 Å². The highest BCUT2D eigenvalue weighted by molar-refractivity contribution is 5.78. The molecule has 0 unspecified atom stereocenters. The van der Waals surface area contributed by atoms with Crippen LogP contribution in [0.25, 0.3) is 0 Å². The number of nitrogens with two attached hydrogens (primary N) is 1. The molecule has 1 fully saturated rings. The molecule has 15 heavy (non-hydrogen) atoms. The lowest BCUT2D eigenvalue weighted by Crippen LogP contribution is -2.32. The van der Waals surface area contributed by atoms with Crippen LogP contribution in [0.3, 0.4) is 0 Å². The molecule has 1 amide bonds. The van der Waals surface area contributed by atoms with E-state index in [1.165, 1.54) is 0 Å². The molecule has 0 aromatic carbocycles. The highest BCUT2D eigenvalue weighted by atomic mass is 16.2. The van der Waals surface area contributed by atoms with E-state index >= 15 is 0 Å². The number of nitrogens with one attached hydrogen (secondary N) is 1. The summed E-state index contributed by atoms with van der Waals surface area (Å²) >= 11 is 0. The summed E-state index contributed by atoms with van der Waals surface area (Å²) in [4.78, 5) is 13.6. The van der Waals surface area contributed by atoms with Crippen LogP contribution in [-0.4, -0.2) is 40.1 Å². The van der Waals surface area contributed by atoms with Crippen molar-refractivity contribution in [1.29, 1.82) is 0 Å². The summed E-state index contributed by atoms with van der Waals surface area (Å²) in [6.07, 6.45) is 1.28. The van der Waals surface area contributed by atoms with Gasteiger partial charge in [0.25, 0.3) is 0 Å². The van der Waals surface area contributed by atoms with Gasteiger partial charge >= 0.3 is 0 Å². The van der Waals surface area contributed by atoms with Crippen LogP contribution < -0.4 is 5.73 Å². The second kappa shape index (κ2) is 4.02. The zero-order valence-corrected chi connectivity index (χ0v) is 8.86. The van der Waals surface area contributed by atoms with Gasteiger partial charge in [-0.05, 0) is 19.4 Å². The second-order valence-corrected chi connectivity index (χ2v) is 4.11. The Hall–Kier alpha value is -1.36. The Bertz CT molecular complexity index is 360. The van der Waals surface area contributed by atoms with E-state index in [9.17, 15) is 4.79 Å². The number of likely N-dealkylation sites (tertiary alicyclic amines) is 1. The minimum atomic E-state index is 0.120. The molecule has 2 heterocycles. The van der Waals surface area contributed by atoms with Crippen LogP contribution in [0.15, 0.2) is 6.07 Å². The van der Waals surface area contributed by atoms with Crippen LogP contribution in [0.4, 0.5) is 0 Å². The third kappa shape index (κ3) is 2.36. The Morgan fingerprint density at radius 2 is 2.60 bits per heavy atom. The molecular weight excluding hydrogens is 192 g/mol. The lowest BCUT2D eigenvalue weighted by atomic mass is 10.2. The number of hydrogen-bond acceptors (Lipinski definition) is 3. The highest BCUT2D eigenvalue weighted by Gasteiger charge is 2.23. The second-order valence-electron chi connectivity index (χ2n) is 4.11. The molecular formula is C10H16N4O. The molecule has 1 aliphatic heterocycles. The maximum Gasteiger partial charge on any atom is 0.228 e. The number of aromatic amines is 1. The van der Waals surface area contributed by atoms with Gasteiger partial charge in [-0.1, -0.05) is 0 Å². The third-order valence-electron chi connectivity index (χ3n) is 2.67. The zero-order chi connectivity index (χ0) is 10.8. The first kappa shape index (κ1) is 10.2. The number of rotatable bonds is 2. The maximum atomic E-state index is 11.8. The minimum Gasteiger partial charge on any atom is -0.341 e. The quantitative estimate of drug-likeness (QED) is 0.708. The van der Waals surface area contributed by atoms with Gasteiger partial charge in [0.15, 0.2) is 0 Å². The number of aryl methyl sites for hydroxylation is 1.